The van der Waals surface area contributed by atoms with Gasteiger partial charge in [0.05, 0.1) is 17.5 Å². The molecule has 213 valence electrons. The van der Waals surface area contributed by atoms with Crippen LogP contribution in [0.1, 0.15) is 39.2 Å². The van der Waals surface area contributed by atoms with Crippen molar-refractivity contribution in [3.63, 3.8) is 0 Å². The molecule has 1 N–H and O–H groups in total. The maximum atomic E-state index is 10.0. The Hall–Kier alpha value is -4.10. The van der Waals surface area contributed by atoms with Crippen LogP contribution in [0, 0.1) is 6.07 Å². The number of ketones is 1. The molecule has 3 aromatic carbocycles. The maximum absolute atomic E-state index is 10.0. The number of furan rings is 1. The van der Waals surface area contributed by atoms with Crippen molar-refractivity contribution in [2.75, 3.05) is 0 Å². The van der Waals surface area contributed by atoms with Gasteiger partial charge in [-0.25, -0.2) is 4.98 Å². The molecule has 8 heteroatoms. The number of rotatable bonds is 4. The van der Waals surface area contributed by atoms with Gasteiger partial charge in [0, 0.05) is 53.7 Å². The van der Waals surface area contributed by atoms with Gasteiger partial charge in [-0.15, -0.1) is 40.5 Å². The first-order valence-electron chi connectivity index (χ1n) is 13.4. The van der Waals surface area contributed by atoms with E-state index in [0.717, 1.165) is 53.9 Å². The fraction of sp³-hybridized carbons (Fsp3) is 0.147. The quantitative estimate of drug-likeness (QED) is 0.110. The molecule has 0 atom stereocenters. The van der Waals surface area contributed by atoms with Gasteiger partial charge in [-0.3, -0.25) is 14.2 Å². The number of fused-ring (bicyclic) bond motifs is 5. The molecule has 0 saturated heterocycles. The monoisotopic (exact) mass is 751 g/mol. The van der Waals surface area contributed by atoms with Gasteiger partial charge >= 0.3 is 0 Å². The Bertz CT molecular complexity index is 2100. The molecule has 0 aliphatic carbocycles. The Morgan fingerprint density at radius 1 is 1.05 bits per heavy atom. The van der Waals surface area contributed by atoms with Crippen molar-refractivity contribution in [3.8, 4) is 22.5 Å². The molecule has 0 aliphatic heterocycles. The molecule has 7 aromatic rings. The number of hydrogen-bond acceptors (Lipinski definition) is 6. The van der Waals surface area contributed by atoms with E-state index in [1.54, 1.807) is 17.6 Å². The third kappa shape index (κ3) is 5.53. The van der Waals surface area contributed by atoms with Gasteiger partial charge in [0.25, 0.3) is 0 Å². The largest absolute Gasteiger partial charge is 0.512 e. The molecule has 0 spiro atoms. The number of carbonyl (C=O) groups excluding carboxylic acids is 1. The number of nitrogens with zero attached hydrogens (tertiary/aromatic N) is 3. The van der Waals surface area contributed by atoms with E-state index >= 15 is 0 Å². The molecule has 42 heavy (non-hydrogen) atoms. The number of aliphatic hydroxyl groups is 1. The van der Waals surface area contributed by atoms with E-state index in [4.69, 9.17) is 19.5 Å². The summed E-state index contributed by atoms with van der Waals surface area (Å²) >= 11 is 1.73. The summed E-state index contributed by atoms with van der Waals surface area (Å²) < 4.78 is 8.93. The van der Waals surface area contributed by atoms with E-state index in [-0.39, 0.29) is 31.6 Å². The number of aliphatic hydroxyl groups excluding tert-OH is 1. The van der Waals surface area contributed by atoms with Crippen LogP contribution in [0.3, 0.4) is 0 Å². The van der Waals surface area contributed by atoms with Crippen molar-refractivity contribution in [3.05, 3.63) is 103 Å². The van der Waals surface area contributed by atoms with Crippen LogP contribution in [-0.2, 0) is 24.9 Å². The summed E-state index contributed by atoms with van der Waals surface area (Å²) in [6.07, 6.45) is 6.68. The van der Waals surface area contributed by atoms with E-state index in [1.807, 2.05) is 18.6 Å². The SMILES string of the molecule is CC(=O)/C=C(/C)O.CC(C)c1cc(-c2nccc3c2sc2c(-c4ccc5ccoc5c4)ncn23)[c-]c2ccccc12.[Ir]. The Morgan fingerprint density at radius 2 is 1.86 bits per heavy atom. The van der Waals surface area contributed by atoms with E-state index < -0.39 is 0 Å². The second-order valence-corrected chi connectivity index (χ2v) is 11.3. The Balaban J connectivity index is 0.000000396. The Kier molecular flexibility index (Phi) is 8.41. The summed E-state index contributed by atoms with van der Waals surface area (Å²) in [4.78, 5) is 20.7. The molecule has 6 nitrogen and oxygen atoms in total. The van der Waals surface area contributed by atoms with E-state index in [9.17, 15) is 4.79 Å². The van der Waals surface area contributed by atoms with Gasteiger partial charge in [0.15, 0.2) is 5.78 Å². The summed E-state index contributed by atoms with van der Waals surface area (Å²) in [6.45, 7) is 7.33. The third-order valence-electron chi connectivity index (χ3n) is 6.89. The molecule has 4 heterocycles. The molecular formula is C34H28IrN3O3S-. The summed E-state index contributed by atoms with van der Waals surface area (Å²) in [5.41, 5.74) is 7.29. The van der Waals surface area contributed by atoms with Crippen LogP contribution in [0.2, 0.25) is 0 Å². The van der Waals surface area contributed by atoms with Crippen LogP contribution < -0.4 is 0 Å². The zero-order valence-electron chi connectivity index (χ0n) is 23.5. The average Bonchev–Trinajstić information content (AvgIpc) is 3.67. The van der Waals surface area contributed by atoms with E-state index in [2.05, 4.69) is 78.9 Å². The van der Waals surface area contributed by atoms with E-state index in [0.29, 0.717) is 5.92 Å². The fourth-order valence-corrected chi connectivity index (χ4v) is 6.32. The number of imidazole rings is 1. The van der Waals surface area contributed by atoms with Crippen molar-refractivity contribution >= 4 is 53.9 Å². The standard InChI is InChI=1S/C29H20N3OS.C5H8O2.Ir/c1-17(2)23-14-21(13-19-5-3-4-6-22(19)23)26-28-24(9-11-30-26)32-16-31-27(29(32)34-28)20-8-7-18-10-12-33-25(18)15-20;1-4(6)3-5(2)7;/h3-12,14-17H,1-2H3;3,6H,1-2H3;/q-1;;/b;4-3-;. The molecule has 0 aliphatic rings. The zero-order chi connectivity index (χ0) is 28.7. The molecule has 0 bridgehead atoms. The Morgan fingerprint density at radius 3 is 2.60 bits per heavy atom. The van der Waals surface area contributed by atoms with Crippen molar-refractivity contribution in [2.24, 2.45) is 0 Å². The van der Waals surface area contributed by atoms with Gasteiger partial charge in [-0.05, 0) is 38.0 Å². The third-order valence-corrected chi connectivity index (χ3v) is 8.08. The first kappa shape index (κ1) is 29.4. The molecule has 0 unspecified atom stereocenters. The van der Waals surface area contributed by atoms with Crippen LogP contribution in [0.15, 0.2) is 95.7 Å². The van der Waals surface area contributed by atoms with Crippen LogP contribution in [0.5, 0.6) is 0 Å². The normalized spacial score (nSPS) is 11.7. The zero-order valence-corrected chi connectivity index (χ0v) is 26.7. The van der Waals surface area contributed by atoms with Gasteiger partial charge in [-0.1, -0.05) is 55.1 Å². The predicted molar refractivity (Wildman–Crippen MR) is 167 cm³/mol. The second-order valence-electron chi connectivity index (χ2n) is 10.3. The van der Waals surface area contributed by atoms with Gasteiger partial charge in [0.2, 0.25) is 0 Å². The first-order chi connectivity index (χ1) is 19.8. The van der Waals surface area contributed by atoms with Crippen LogP contribution in [0.4, 0.5) is 0 Å². The van der Waals surface area contributed by atoms with Crippen molar-refractivity contribution in [1.82, 2.24) is 14.4 Å². The topological polar surface area (TPSA) is 80.6 Å². The van der Waals surface area contributed by atoms with Crippen molar-refractivity contribution < 1.29 is 34.4 Å². The van der Waals surface area contributed by atoms with Crippen LogP contribution >= 0.6 is 11.3 Å². The number of hydrogen-bond donors (Lipinski definition) is 1. The molecular weight excluding hydrogens is 723 g/mol. The molecule has 4 aromatic heterocycles. The molecule has 7 rings (SSSR count). The predicted octanol–water partition coefficient (Wildman–Crippen LogP) is 9.14. The maximum Gasteiger partial charge on any atom is 0.155 e. The minimum Gasteiger partial charge on any atom is -0.512 e. The summed E-state index contributed by atoms with van der Waals surface area (Å²) in [5, 5.41) is 11.8. The number of benzene rings is 3. The van der Waals surface area contributed by atoms with Crippen molar-refractivity contribution in [2.45, 2.75) is 33.6 Å². The molecule has 0 amide bonds. The number of pyridine rings is 1. The first-order valence-corrected chi connectivity index (χ1v) is 14.2. The second kappa shape index (κ2) is 12.0. The van der Waals surface area contributed by atoms with Gasteiger partial charge < -0.3 is 9.52 Å². The fourth-order valence-electron chi connectivity index (χ4n) is 5.08. The minimum atomic E-state index is -0.125. The average molecular weight is 751 g/mol. The number of aromatic nitrogens is 3. The molecule has 1 radical (unpaired) electrons. The molecule has 0 saturated carbocycles. The van der Waals surface area contributed by atoms with Crippen LogP contribution in [0.25, 0.3) is 59.3 Å². The number of carbonyl (C=O) groups is 1. The summed E-state index contributed by atoms with van der Waals surface area (Å²) in [5.74, 6) is 0.344. The van der Waals surface area contributed by atoms with E-state index in [1.165, 1.54) is 30.9 Å². The van der Waals surface area contributed by atoms with Crippen molar-refractivity contribution in [1.29, 1.82) is 0 Å². The summed E-state index contributed by atoms with van der Waals surface area (Å²) in [6, 6.07) is 24.7. The van der Waals surface area contributed by atoms with Crippen LogP contribution in [-0.4, -0.2) is 25.3 Å². The molecule has 0 fully saturated rings. The Labute approximate surface area is 260 Å². The summed E-state index contributed by atoms with van der Waals surface area (Å²) in [7, 11) is 0. The number of thiazole rings is 1. The van der Waals surface area contributed by atoms with Gasteiger partial charge in [-0.2, -0.15) is 0 Å². The smallest absolute Gasteiger partial charge is 0.155 e. The van der Waals surface area contributed by atoms with Gasteiger partial charge in [0.1, 0.15) is 22.4 Å². The minimum absolute atomic E-state index is 0. The number of allylic oxidation sites excluding steroid dienone is 2.